The molecule has 2 rings (SSSR count). The number of halogens is 2. The SMILES string of the molecule is CC.CN1CC(F)(F)C2(CC2)C1. The maximum atomic E-state index is 13.0. The standard InChI is InChI=1S/C7H11F2N.C2H6/c1-10-4-6(2-3-6)7(8,9)5-10;1-2/h2-5H2,1H3;1-2H3. The molecule has 0 atom stereocenters. The zero-order chi connectivity index (χ0) is 9.41. The van der Waals surface area contributed by atoms with Crippen LogP contribution in [0.5, 0.6) is 0 Å². The molecule has 0 unspecified atom stereocenters. The molecular weight excluding hydrogens is 160 g/mol. The Morgan fingerprint density at radius 1 is 1.08 bits per heavy atom. The van der Waals surface area contributed by atoms with Gasteiger partial charge in [0.1, 0.15) is 0 Å². The molecule has 0 radical (unpaired) electrons. The van der Waals surface area contributed by atoms with Crippen molar-refractivity contribution in [3.8, 4) is 0 Å². The highest BCUT2D eigenvalue weighted by atomic mass is 19.3. The van der Waals surface area contributed by atoms with Gasteiger partial charge >= 0.3 is 0 Å². The van der Waals surface area contributed by atoms with Gasteiger partial charge < -0.3 is 0 Å². The summed E-state index contributed by atoms with van der Waals surface area (Å²) in [6, 6.07) is 0. The number of alkyl halides is 2. The molecule has 3 heteroatoms. The van der Waals surface area contributed by atoms with Crippen molar-refractivity contribution in [3.05, 3.63) is 0 Å². The van der Waals surface area contributed by atoms with E-state index in [0.717, 1.165) is 12.8 Å². The number of nitrogens with zero attached hydrogens (tertiary/aromatic N) is 1. The zero-order valence-corrected chi connectivity index (χ0v) is 8.03. The highest BCUT2D eigenvalue weighted by molar-refractivity contribution is 5.10. The van der Waals surface area contributed by atoms with E-state index in [2.05, 4.69) is 0 Å². The first-order valence-electron chi connectivity index (χ1n) is 4.62. The molecule has 72 valence electrons. The topological polar surface area (TPSA) is 3.24 Å². The third-order valence-corrected chi connectivity index (χ3v) is 2.67. The molecule has 0 N–H and O–H groups in total. The van der Waals surface area contributed by atoms with Crippen LogP contribution >= 0.6 is 0 Å². The lowest BCUT2D eigenvalue weighted by atomic mass is 10.0. The molecule has 1 nitrogen and oxygen atoms in total. The number of hydrogen-bond acceptors (Lipinski definition) is 1. The average molecular weight is 177 g/mol. The van der Waals surface area contributed by atoms with Gasteiger partial charge in [0.15, 0.2) is 0 Å². The van der Waals surface area contributed by atoms with Gasteiger partial charge in [0, 0.05) is 12.0 Å². The Bertz CT molecular complexity index is 158. The Balaban J connectivity index is 0.000000336. The van der Waals surface area contributed by atoms with Crippen molar-refractivity contribution >= 4 is 0 Å². The van der Waals surface area contributed by atoms with E-state index in [-0.39, 0.29) is 6.54 Å². The van der Waals surface area contributed by atoms with Crippen molar-refractivity contribution in [1.29, 1.82) is 0 Å². The predicted molar refractivity (Wildman–Crippen MR) is 45.5 cm³/mol. The molecule has 0 bridgehead atoms. The maximum absolute atomic E-state index is 13.0. The summed E-state index contributed by atoms with van der Waals surface area (Å²) in [5.41, 5.74) is -0.595. The largest absolute Gasteiger partial charge is 0.300 e. The zero-order valence-electron chi connectivity index (χ0n) is 8.03. The highest BCUT2D eigenvalue weighted by Gasteiger charge is 2.66. The molecule has 1 saturated heterocycles. The number of likely N-dealkylation sites (tertiary alicyclic amines) is 1. The maximum Gasteiger partial charge on any atom is 0.267 e. The molecule has 12 heavy (non-hydrogen) atoms. The average Bonchev–Trinajstić information content (AvgIpc) is 2.68. The highest BCUT2D eigenvalue weighted by Crippen LogP contribution is 2.60. The summed E-state index contributed by atoms with van der Waals surface area (Å²) in [6.45, 7) is 4.56. The van der Waals surface area contributed by atoms with E-state index >= 15 is 0 Å². The Morgan fingerprint density at radius 2 is 1.58 bits per heavy atom. The quantitative estimate of drug-likeness (QED) is 0.549. The van der Waals surface area contributed by atoms with Crippen LogP contribution in [-0.2, 0) is 0 Å². The lowest BCUT2D eigenvalue weighted by Gasteiger charge is -2.14. The van der Waals surface area contributed by atoms with Crippen LogP contribution in [0.15, 0.2) is 0 Å². The van der Waals surface area contributed by atoms with Gasteiger partial charge in [-0.1, -0.05) is 13.8 Å². The Labute approximate surface area is 72.7 Å². The molecule has 1 spiro atoms. The summed E-state index contributed by atoms with van der Waals surface area (Å²) in [6.07, 6.45) is 1.45. The summed E-state index contributed by atoms with van der Waals surface area (Å²) in [5.74, 6) is -2.40. The van der Waals surface area contributed by atoms with Gasteiger partial charge in [-0.05, 0) is 19.9 Å². The molecule has 0 aromatic heterocycles. The Kier molecular flexibility index (Phi) is 2.43. The molecule has 2 aliphatic rings. The smallest absolute Gasteiger partial charge is 0.267 e. The summed E-state index contributed by atoms with van der Waals surface area (Å²) in [7, 11) is 1.76. The minimum absolute atomic E-state index is 0.0347. The van der Waals surface area contributed by atoms with E-state index in [1.165, 1.54) is 0 Å². The van der Waals surface area contributed by atoms with E-state index < -0.39 is 11.3 Å². The van der Waals surface area contributed by atoms with Crippen LogP contribution in [0.4, 0.5) is 8.78 Å². The van der Waals surface area contributed by atoms with E-state index in [4.69, 9.17) is 0 Å². The summed E-state index contributed by atoms with van der Waals surface area (Å²) in [4.78, 5) is 1.73. The van der Waals surface area contributed by atoms with Gasteiger partial charge in [0.05, 0.1) is 6.54 Å². The van der Waals surface area contributed by atoms with Crippen LogP contribution in [0.2, 0.25) is 0 Å². The van der Waals surface area contributed by atoms with Crippen molar-refractivity contribution in [1.82, 2.24) is 4.90 Å². The molecule has 0 aromatic rings. The monoisotopic (exact) mass is 177 g/mol. The minimum atomic E-state index is -2.40. The Hall–Kier alpha value is -0.180. The number of rotatable bonds is 0. The van der Waals surface area contributed by atoms with Crippen LogP contribution < -0.4 is 0 Å². The van der Waals surface area contributed by atoms with Crippen LogP contribution in [-0.4, -0.2) is 31.0 Å². The van der Waals surface area contributed by atoms with Crippen LogP contribution in [0.25, 0.3) is 0 Å². The van der Waals surface area contributed by atoms with Crippen LogP contribution in [0.1, 0.15) is 26.7 Å². The van der Waals surface area contributed by atoms with Gasteiger partial charge in [-0.2, -0.15) is 0 Å². The van der Waals surface area contributed by atoms with Gasteiger partial charge in [-0.15, -0.1) is 0 Å². The summed E-state index contributed by atoms with van der Waals surface area (Å²) < 4.78 is 26.0. The fraction of sp³-hybridized carbons (Fsp3) is 1.00. The second kappa shape index (κ2) is 2.95. The summed E-state index contributed by atoms with van der Waals surface area (Å²) in [5, 5.41) is 0. The summed E-state index contributed by atoms with van der Waals surface area (Å²) >= 11 is 0. The first kappa shape index (κ1) is 9.90. The fourth-order valence-electron chi connectivity index (χ4n) is 1.87. The molecular formula is C9H17F2N. The fourth-order valence-corrected chi connectivity index (χ4v) is 1.87. The van der Waals surface area contributed by atoms with Crippen molar-refractivity contribution in [2.45, 2.75) is 32.6 Å². The molecule has 1 saturated carbocycles. The van der Waals surface area contributed by atoms with Gasteiger partial charge in [0.25, 0.3) is 5.92 Å². The first-order chi connectivity index (χ1) is 5.56. The van der Waals surface area contributed by atoms with E-state index in [9.17, 15) is 8.78 Å². The van der Waals surface area contributed by atoms with Crippen LogP contribution in [0, 0.1) is 5.41 Å². The van der Waals surface area contributed by atoms with E-state index in [1.54, 1.807) is 11.9 Å². The van der Waals surface area contributed by atoms with Crippen molar-refractivity contribution in [2.75, 3.05) is 20.1 Å². The molecule has 1 heterocycles. The van der Waals surface area contributed by atoms with E-state index in [0.29, 0.717) is 6.54 Å². The minimum Gasteiger partial charge on any atom is -0.300 e. The van der Waals surface area contributed by atoms with Crippen LogP contribution in [0.3, 0.4) is 0 Å². The van der Waals surface area contributed by atoms with Gasteiger partial charge in [-0.3, -0.25) is 4.90 Å². The normalized spacial score (nSPS) is 29.8. The second-order valence-electron chi connectivity index (χ2n) is 3.66. The molecule has 2 fully saturated rings. The van der Waals surface area contributed by atoms with Crippen molar-refractivity contribution in [3.63, 3.8) is 0 Å². The number of hydrogen-bond donors (Lipinski definition) is 0. The molecule has 0 aromatic carbocycles. The van der Waals surface area contributed by atoms with Crippen molar-refractivity contribution < 1.29 is 8.78 Å². The van der Waals surface area contributed by atoms with Gasteiger partial charge in [0.2, 0.25) is 0 Å². The molecule has 1 aliphatic carbocycles. The molecule has 0 amide bonds. The third kappa shape index (κ3) is 1.35. The van der Waals surface area contributed by atoms with Crippen molar-refractivity contribution in [2.24, 2.45) is 5.41 Å². The second-order valence-corrected chi connectivity index (χ2v) is 3.66. The van der Waals surface area contributed by atoms with Gasteiger partial charge in [-0.25, -0.2) is 8.78 Å². The first-order valence-corrected chi connectivity index (χ1v) is 4.62. The molecule has 1 aliphatic heterocycles. The third-order valence-electron chi connectivity index (χ3n) is 2.67. The predicted octanol–water partition coefficient (Wildman–Crippen LogP) is 2.37. The lowest BCUT2D eigenvalue weighted by molar-refractivity contribution is -0.0375. The Morgan fingerprint density at radius 3 is 1.75 bits per heavy atom. The van der Waals surface area contributed by atoms with E-state index in [1.807, 2.05) is 13.8 Å². The lowest BCUT2D eigenvalue weighted by Crippen LogP contribution is -2.28.